The maximum atomic E-state index is 11.5. The highest BCUT2D eigenvalue weighted by Crippen LogP contribution is 2.33. The van der Waals surface area contributed by atoms with Crippen molar-refractivity contribution in [3.05, 3.63) is 23.8 Å². The number of halogens is 1. The normalized spacial score (nSPS) is 19.6. The summed E-state index contributed by atoms with van der Waals surface area (Å²) in [5.41, 5.74) is 6.86. The minimum atomic E-state index is -0.712. The first kappa shape index (κ1) is 11.6. The zero-order valence-corrected chi connectivity index (χ0v) is 10.5. The van der Waals surface area contributed by atoms with E-state index in [4.69, 9.17) is 10.5 Å². The Labute approximate surface area is 106 Å². The Balaban J connectivity index is 2.47. The largest absolute Gasteiger partial charge is 0.483 e. The molecule has 0 saturated carbocycles. The Morgan fingerprint density at radius 1 is 1.62 bits per heavy atom. The van der Waals surface area contributed by atoms with Crippen molar-refractivity contribution in [1.82, 2.24) is 0 Å². The number of amides is 1. The quantitative estimate of drug-likeness (QED) is 0.482. The molecule has 0 unspecified atom stereocenters. The number of nitrogens with zero attached hydrogens (tertiary/aromatic N) is 1. The van der Waals surface area contributed by atoms with Gasteiger partial charge in [-0.25, -0.2) is 0 Å². The van der Waals surface area contributed by atoms with Gasteiger partial charge in [-0.15, -0.1) is 0 Å². The summed E-state index contributed by atoms with van der Waals surface area (Å²) in [7, 11) is 0. The zero-order chi connectivity index (χ0) is 11.7. The molecule has 1 aromatic rings. The van der Waals surface area contributed by atoms with Gasteiger partial charge < -0.3 is 10.5 Å². The van der Waals surface area contributed by atoms with E-state index in [1.807, 2.05) is 0 Å². The molecule has 5 nitrogen and oxygen atoms in total. The fraction of sp³-hybridized carbons (Fsp3) is 0.300. The third kappa shape index (κ3) is 1.87. The molecule has 0 fully saturated rings. The number of ether oxygens (including phenoxy) is 1. The van der Waals surface area contributed by atoms with Crippen LogP contribution in [0.15, 0.2) is 18.2 Å². The van der Waals surface area contributed by atoms with Gasteiger partial charge in [-0.3, -0.25) is 10.0 Å². The molecule has 0 aliphatic carbocycles. The van der Waals surface area contributed by atoms with Gasteiger partial charge in [0, 0.05) is 12.0 Å². The molecule has 3 N–H and O–H groups in total. The molecule has 0 spiro atoms. The summed E-state index contributed by atoms with van der Waals surface area (Å²) in [5.74, 6) is 0.174. The summed E-state index contributed by atoms with van der Waals surface area (Å²) in [5, 5.41) is 10.2. The zero-order valence-electron chi connectivity index (χ0n) is 8.39. The van der Waals surface area contributed by atoms with E-state index in [2.05, 4.69) is 22.6 Å². The number of hydrogen-bond acceptors (Lipinski definition) is 4. The highest BCUT2D eigenvalue weighted by atomic mass is 127. The highest BCUT2D eigenvalue weighted by molar-refractivity contribution is 14.1. The maximum Gasteiger partial charge on any atom is 0.267 e. The second-order valence-electron chi connectivity index (χ2n) is 3.47. The topological polar surface area (TPSA) is 75.8 Å². The van der Waals surface area contributed by atoms with Gasteiger partial charge in [0.05, 0.1) is 11.7 Å². The Morgan fingerprint density at radius 2 is 2.38 bits per heavy atom. The van der Waals surface area contributed by atoms with E-state index in [1.54, 1.807) is 18.2 Å². The number of carbonyl (C=O) groups is 1. The second kappa shape index (κ2) is 4.56. The van der Waals surface area contributed by atoms with Crippen molar-refractivity contribution in [2.75, 3.05) is 9.68 Å². The molecule has 1 atom stereocenters. The van der Waals surface area contributed by atoms with Gasteiger partial charge in [-0.2, -0.15) is 5.06 Å². The molecule has 2 rings (SSSR count). The molecule has 16 heavy (non-hydrogen) atoms. The number of carbonyl (C=O) groups excluding carboxylic acids is 1. The molecule has 1 aromatic carbocycles. The molecule has 0 saturated heterocycles. The van der Waals surface area contributed by atoms with Gasteiger partial charge in [-0.1, -0.05) is 6.07 Å². The van der Waals surface area contributed by atoms with E-state index in [9.17, 15) is 10.0 Å². The van der Waals surface area contributed by atoms with E-state index in [0.717, 1.165) is 5.56 Å². The van der Waals surface area contributed by atoms with Crippen LogP contribution in [0.1, 0.15) is 5.56 Å². The average molecular weight is 334 g/mol. The van der Waals surface area contributed by atoms with Gasteiger partial charge >= 0.3 is 0 Å². The lowest BCUT2D eigenvalue weighted by atomic mass is 9.98. The van der Waals surface area contributed by atoms with Crippen LogP contribution in [0.4, 0.5) is 5.69 Å². The van der Waals surface area contributed by atoms with Gasteiger partial charge in [0.25, 0.3) is 5.91 Å². The van der Waals surface area contributed by atoms with Crippen molar-refractivity contribution < 1.29 is 14.7 Å². The molecule has 0 radical (unpaired) electrons. The van der Waals surface area contributed by atoms with Crippen LogP contribution < -0.4 is 15.5 Å². The molecular weight excluding hydrogens is 323 g/mol. The van der Waals surface area contributed by atoms with E-state index >= 15 is 0 Å². The molecule has 1 amide bonds. The lowest BCUT2D eigenvalue weighted by molar-refractivity contribution is -0.125. The minimum absolute atomic E-state index is 0.387. The molecule has 1 heterocycles. The molecular formula is C10H11IN2O3. The summed E-state index contributed by atoms with van der Waals surface area (Å²) in [6, 6.07) is 4.48. The number of nitrogens with two attached hydrogens (primary N) is 1. The summed E-state index contributed by atoms with van der Waals surface area (Å²) in [6.07, 6.45) is 0.387. The lowest BCUT2D eigenvalue weighted by Crippen LogP contribution is -2.47. The van der Waals surface area contributed by atoms with Crippen molar-refractivity contribution in [1.29, 1.82) is 0 Å². The second-order valence-corrected chi connectivity index (χ2v) is 4.09. The molecule has 0 bridgehead atoms. The van der Waals surface area contributed by atoms with Crippen LogP contribution in [0.3, 0.4) is 0 Å². The number of benzene rings is 1. The number of fused-ring (bicyclic) bond motifs is 1. The van der Waals surface area contributed by atoms with Crippen LogP contribution in [-0.2, 0) is 11.2 Å². The predicted octanol–water partition coefficient (Wildman–Crippen LogP) is 1.06. The third-order valence-corrected chi connectivity index (χ3v) is 2.81. The lowest BCUT2D eigenvalue weighted by Gasteiger charge is -2.28. The van der Waals surface area contributed by atoms with E-state index in [-0.39, 0.29) is 0 Å². The standard InChI is InChI=1S/C10H11IN2O3/c11-5-16-9-3-1-2-8-6(9)4-7(12)10(14)13(8)15/h1-3,7,15H,4-5,12H2/t7-/m0/s1. The molecule has 6 heteroatoms. The molecule has 1 aliphatic heterocycles. The van der Waals surface area contributed by atoms with Gasteiger partial charge in [0.2, 0.25) is 0 Å². The van der Waals surface area contributed by atoms with E-state index in [0.29, 0.717) is 27.5 Å². The van der Waals surface area contributed by atoms with Gasteiger partial charge in [0.15, 0.2) is 0 Å². The minimum Gasteiger partial charge on any atom is -0.483 e. The van der Waals surface area contributed by atoms with E-state index < -0.39 is 11.9 Å². The monoisotopic (exact) mass is 334 g/mol. The summed E-state index contributed by atoms with van der Waals surface area (Å²) < 4.78 is 5.92. The van der Waals surface area contributed by atoms with Crippen molar-refractivity contribution >= 4 is 34.2 Å². The number of alkyl halides is 1. The number of anilines is 1. The highest BCUT2D eigenvalue weighted by Gasteiger charge is 2.31. The van der Waals surface area contributed by atoms with Crippen LogP contribution in [0.5, 0.6) is 5.75 Å². The van der Waals surface area contributed by atoms with Crippen molar-refractivity contribution in [3.8, 4) is 5.75 Å². The van der Waals surface area contributed by atoms with Crippen LogP contribution in [0, 0.1) is 0 Å². The summed E-state index contributed by atoms with van der Waals surface area (Å²) in [4.78, 5) is 11.5. The predicted molar refractivity (Wildman–Crippen MR) is 66.9 cm³/mol. The first-order valence-corrected chi connectivity index (χ1v) is 6.26. The Morgan fingerprint density at radius 3 is 3.06 bits per heavy atom. The maximum absolute atomic E-state index is 11.5. The fourth-order valence-electron chi connectivity index (χ4n) is 1.73. The number of rotatable bonds is 2. The van der Waals surface area contributed by atoms with Gasteiger partial charge in [-0.05, 0) is 34.7 Å². The number of hydrogen-bond donors (Lipinski definition) is 2. The Hall–Kier alpha value is -0.860. The SMILES string of the molecule is N[C@H]1Cc2c(OCI)cccc2N(O)C1=O. The van der Waals surface area contributed by atoms with Crippen LogP contribution >= 0.6 is 22.6 Å². The van der Waals surface area contributed by atoms with Crippen molar-refractivity contribution in [2.24, 2.45) is 5.73 Å². The Kier molecular flexibility index (Phi) is 3.31. The van der Waals surface area contributed by atoms with Crippen LogP contribution in [0.2, 0.25) is 0 Å². The Bertz CT molecular complexity index is 425. The molecule has 86 valence electrons. The van der Waals surface area contributed by atoms with Crippen molar-refractivity contribution in [2.45, 2.75) is 12.5 Å². The summed E-state index contributed by atoms with van der Waals surface area (Å²) in [6.45, 7) is 0. The van der Waals surface area contributed by atoms with Crippen molar-refractivity contribution in [3.63, 3.8) is 0 Å². The van der Waals surface area contributed by atoms with E-state index in [1.165, 1.54) is 0 Å². The summed E-state index contributed by atoms with van der Waals surface area (Å²) >= 11 is 2.08. The number of hydroxylamine groups is 1. The first-order chi connectivity index (χ1) is 7.65. The van der Waals surface area contributed by atoms with Crippen LogP contribution in [0.25, 0.3) is 0 Å². The fourth-order valence-corrected chi connectivity index (χ4v) is 2.07. The average Bonchev–Trinajstić information content (AvgIpc) is 2.28. The van der Waals surface area contributed by atoms with Gasteiger partial charge in [0.1, 0.15) is 10.4 Å². The molecule has 1 aliphatic rings. The smallest absolute Gasteiger partial charge is 0.267 e. The van der Waals surface area contributed by atoms with Crippen LogP contribution in [-0.4, -0.2) is 21.8 Å². The molecule has 0 aromatic heterocycles. The first-order valence-electron chi connectivity index (χ1n) is 4.74. The third-order valence-electron chi connectivity index (χ3n) is 2.50.